The maximum Gasteiger partial charge on any atom is 0.387 e. The van der Waals surface area contributed by atoms with Crippen LogP contribution >= 0.6 is 0 Å². The number of nitrogens with one attached hydrogen (secondary N) is 1. The minimum Gasteiger partial charge on any atom is -0.435 e. The largest absolute Gasteiger partial charge is 0.435 e. The minimum absolute atomic E-state index is 0.0147. The first-order valence-electron chi connectivity index (χ1n) is 7.61. The van der Waals surface area contributed by atoms with Crippen LogP contribution in [0.3, 0.4) is 0 Å². The zero-order chi connectivity index (χ0) is 18.3. The molecule has 0 radical (unpaired) electrons. The number of nitrogens with zero attached hydrogens (tertiary/aromatic N) is 2. The molecule has 0 aliphatic heterocycles. The molecule has 0 unspecified atom stereocenters. The summed E-state index contributed by atoms with van der Waals surface area (Å²) in [5, 5.41) is 12.0. The summed E-state index contributed by atoms with van der Waals surface area (Å²) in [6.45, 7) is 3.17. The predicted octanol–water partition coefficient (Wildman–Crippen LogP) is 2.77. The van der Waals surface area contributed by atoms with Crippen molar-refractivity contribution in [1.82, 2.24) is 10.2 Å². The number of hydrogen-bond acceptors (Lipinski definition) is 4. The fraction of sp³-hybridized carbons (Fsp3) is 0.529. The molecular formula is C17H23F2N3O2. The van der Waals surface area contributed by atoms with Crippen LogP contribution in [-0.4, -0.2) is 36.5 Å². The van der Waals surface area contributed by atoms with Crippen molar-refractivity contribution in [3.05, 3.63) is 29.8 Å². The van der Waals surface area contributed by atoms with E-state index in [1.54, 1.807) is 31.0 Å². The zero-order valence-electron chi connectivity index (χ0n) is 14.3. The summed E-state index contributed by atoms with van der Waals surface area (Å²) < 4.78 is 28.5. The molecule has 24 heavy (non-hydrogen) atoms. The van der Waals surface area contributed by atoms with Crippen molar-refractivity contribution in [3.8, 4) is 11.8 Å². The number of hydrogen-bond donors (Lipinski definition) is 1. The number of benzene rings is 1. The van der Waals surface area contributed by atoms with E-state index in [4.69, 9.17) is 0 Å². The predicted molar refractivity (Wildman–Crippen MR) is 86.4 cm³/mol. The third-order valence-electron chi connectivity index (χ3n) is 3.80. The van der Waals surface area contributed by atoms with Crippen molar-refractivity contribution in [1.29, 1.82) is 5.26 Å². The number of halogens is 2. The monoisotopic (exact) mass is 339 g/mol. The number of carbonyl (C=O) groups excluding carboxylic acids is 1. The molecule has 7 heteroatoms. The van der Waals surface area contributed by atoms with E-state index in [0.29, 0.717) is 6.54 Å². The zero-order valence-corrected chi connectivity index (χ0v) is 14.3. The second-order valence-corrected chi connectivity index (χ2v) is 6.21. The van der Waals surface area contributed by atoms with E-state index >= 15 is 0 Å². The van der Waals surface area contributed by atoms with Gasteiger partial charge in [-0.25, -0.2) is 0 Å². The Morgan fingerprint density at radius 2 is 1.96 bits per heavy atom. The summed E-state index contributed by atoms with van der Waals surface area (Å²) >= 11 is 0. The van der Waals surface area contributed by atoms with E-state index in [9.17, 15) is 18.8 Å². The Labute approximate surface area is 141 Å². The normalized spacial score (nSPS) is 13.7. The number of nitriles is 1. The number of rotatable bonds is 8. The molecule has 0 aromatic heterocycles. The molecule has 1 aromatic carbocycles. The van der Waals surface area contributed by atoms with E-state index in [1.807, 2.05) is 13.8 Å². The van der Waals surface area contributed by atoms with Crippen LogP contribution in [0.25, 0.3) is 0 Å². The van der Waals surface area contributed by atoms with Crippen molar-refractivity contribution in [3.63, 3.8) is 0 Å². The van der Waals surface area contributed by atoms with Gasteiger partial charge in [0.2, 0.25) is 5.91 Å². The van der Waals surface area contributed by atoms with Crippen molar-refractivity contribution in [2.75, 3.05) is 13.6 Å². The van der Waals surface area contributed by atoms with Gasteiger partial charge in [-0.05, 0) is 37.6 Å². The van der Waals surface area contributed by atoms with Gasteiger partial charge in [0.05, 0.1) is 12.6 Å². The molecule has 0 aliphatic carbocycles. The van der Waals surface area contributed by atoms with Crippen LogP contribution < -0.4 is 10.1 Å². The van der Waals surface area contributed by atoms with Crippen LogP contribution in [0.4, 0.5) is 8.78 Å². The molecule has 5 nitrogen and oxygen atoms in total. The number of likely N-dealkylation sites (N-methyl/N-ethyl adjacent to an activating group) is 1. The van der Waals surface area contributed by atoms with E-state index in [1.165, 1.54) is 12.1 Å². The average Bonchev–Trinajstić information content (AvgIpc) is 2.48. The third-order valence-corrected chi connectivity index (χ3v) is 3.80. The van der Waals surface area contributed by atoms with Gasteiger partial charge in [0, 0.05) is 6.54 Å². The molecule has 0 saturated carbocycles. The first-order valence-corrected chi connectivity index (χ1v) is 7.61. The maximum atomic E-state index is 12.1. The number of amides is 1. The number of carbonyl (C=O) groups is 1. The van der Waals surface area contributed by atoms with Crippen LogP contribution in [-0.2, 0) is 11.3 Å². The Kier molecular flexibility index (Phi) is 7.11. The fourth-order valence-corrected chi connectivity index (χ4v) is 2.02. The third kappa shape index (κ3) is 6.13. The highest BCUT2D eigenvalue weighted by Crippen LogP contribution is 2.16. The van der Waals surface area contributed by atoms with Gasteiger partial charge >= 0.3 is 6.61 Å². The lowest BCUT2D eigenvalue weighted by molar-refractivity contribution is -0.123. The number of ether oxygens (including phenoxy) is 1. The highest BCUT2D eigenvalue weighted by atomic mass is 19.3. The molecular weight excluding hydrogens is 316 g/mol. The van der Waals surface area contributed by atoms with Crippen molar-refractivity contribution in [2.45, 2.75) is 39.5 Å². The standard InChI is InChI=1S/C17H23F2N3O2/c1-12(2)17(3,11-20)21-15(23)10-22(4)9-13-5-7-14(8-6-13)24-16(18)19/h5-8,12,16H,9-10H2,1-4H3,(H,21,23)/t17-/m1/s1. The molecule has 0 bridgehead atoms. The highest BCUT2D eigenvalue weighted by Gasteiger charge is 2.30. The second kappa shape index (κ2) is 8.60. The van der Waals surface area contributed by atoms with Crippen molar-refractivity contribution >= 4 is 5.91 Å². The summed E-state index contributed by atoms with van der Waals surface area (Å²) in [4.78, 5) is 13.9. The smallest absolute Gasteiger partial charge is 0.387 e. The van der Waals surface area contributed by atoms with Crippen molar-refractivity contribution in [2.24, 2.45) is 5.92 Å². The molecule has 0 fully saturated rings. The first kappa shape index (κ1) is 19.8. The molecule has 0 saturated heterocycles. The molecule has 132 valence electrons. The van der Waals surface area contributed by atoms with Gasteiger partial charge in [0.15, 0.2) is 0 Å². The Balaban J connectivity index is 2.55. The van der Waals surface area contributed by atoms with Crippen LogP contribution in [0.5, 0.6) is 5.75 Å². The van der Waals surface area contributed by atoms with Gasteiger partial charge in [-0.2, -0.15) is 14.0 Å². The summed E-state index contributed by atoms with van der Waals surface area (Å²) in [5.74, 6) is -0.164. The van der Waals surface area contributed by atoms with Gasteiger partial charge in [-0.1, -0.05) is 26.0 Å². The van der Waals surface area contributed by atoms with E-state index in [2.05, 4.69) is 16.1 Å². The summed E-state index contributed by atoms with van der Waals surface area (Å²) in [6.07, 6.45) is 0. The van der Waals surface area contributed by atoms with Crippen LogP contribution in [0.1, 0.15) is 26.3 Å². The lowest BCUT2D eigenvalue weighted by Gasteiger charge is -2.28. The van der Waals surface area contributed by atoms with E-state index in [-0.39, 0.29) is 24.1 Å². The first-order chi connectivity index (χ1) is 11.2. The lowest BCUT2D eigenvalue weighted by atomic mass is 9.90. The maximum absolute atomic E-state index is 12.1. The van der Waals surface area contributed by atoms with Gasteiger partial charge in [-0.3, -0.25) is 9.69 Å². The molecule has 1 rings (SSSR count). The minimum atomic E-state index is -2.85. The summed E-state index contributed by atoms with van der Waals surface area (Å²) in [7, 11) is 1.77. The van der Waals surface area contributed by atoms with Gasteiger partial charge in [0.1, 0.15) is 11.3 Å². The summed E-state index contributed by atoms with van der Waals surface area (Å²) in [5.41, 5.74) is -0.0505. The van der Waals surface area contributed by atoms with E-state index < -0.39 is 12.2 Å². The van der Waals surface area contributed by atoms with Gasteiger partial charge in [-0.15, -0.1) is 0 Å². The Hall–Kier alpha value is -2.20. The van der Waals surface area contributed by atoms with Crippen LogP contribution in [0.2, 0.25) is 0 Å². The quantitative estimate of drug-likeness (QED) is 0.791. The molecule has 1 N–H and O–H groups in total. The molecule has 1 aromatic rings. The average molecular weight is 339 g/mol. The Morgan fingerprint density at radius 3 is 2.42 bits per heavy atom. The molecule has 1 amide bonds. The molecule has 1 atom stereocenters. The number of alkyl halides is 2. The topological polar surface area (TPSA) is 65.4 Å². The highest BCUT2D eigenvalue weighted by molar-refractivity contribution is 5.79. The molecule has 0 aliphatic rings. The van der Waals surface area contributed by atoms with E-state index in [0.717, 1.165) is 5.56 Å². The van der Waals surface area contributed by atoms with Gasteiger partial charge < -0.3 is 10.1 Å². The van der Waals surface area contributed by atoms with Gasteiger partial charge in [0.25, 0.3) is 0 Å². The van der Waals surface area contributed by atoms with Crippen molar-refractivity contribution < 1.29 is 18.3 Å². The second-order valence-electron chi connectivity index (χ2n) is 6.21. The Bertz CT molecular complexity index is 584. The SMILES string of the molecule is CC(C)[C@@](C)(C#N)NC(=O)CN(C)Cc1ccc(OC(F)F)cc1. The fourth-order valence-electron chi connectivity index (χ4n) is 2.02. The van der Waals surface area contributed by atoms with Crippen LogP contribution in [0, 0.1) is 17.2 Å². The summed E-state index contributed by atoms with van der Waals surface area (Å²) in [6, 6.07) is 8.38. The molecule has 0 spiro atoms. The Morgan fingerprint density at radius 1 is 1.38 bits per heavy atom. The van der Waals surface area contributed by atoms with Crippen LogP contribution in [0.15, 0.2) is 24.3 Å². The lowest BCUT2D eigenvalue weighted by Crippen LogP contribution is -2.51. The molecule has 0 heterocycles.